The molecule has 2 N–H and O–H groups in total. The van der Waals surface area contributed by atoms with Gasteiger partial charge in [0.15, 0.2) is 0 Å². The third-order valence-corrected chi connectivity index (χ3v) is 3.70. The van der Waals surface area contributed by atoms with Crippen molar-refractivity contribution in [2.75, 3.05) is 7.11 Å². The van der Waals surface area contributed by atoms with Crippen molar-refractivity contribution in [3.05, 3.63) is 64.2 Å². The Hall–Kier alpha value is -1.98. The molecule has 0 bridgehead atoms. The van der Waals surface area contributed by atoms with E-state index in [2.05, 4.69) is 0 Å². The number of methoxy groups -OCH3 is 1. The Labute approximate surface area is 121 Å². The fourth-order valence-electron chi connectivity index (χ4n) is 2.53. The average molecular weight is 291 g/mol. The Morgan fingerprint density at radius 1 is 1.10 bits per heavy atom. The summed E-state index contributed by atoms with van der Waals surface area (Å²) in [5.74, 6) is -1.30. The maximum absolute atomic E-state index is 14.1. The maximum Gasteiger partial charge on any atom is 0.134 e. The van der Waals surface area contributed by atoms with Crippen LogP contribution in [0, 0.1) is 11.6 Å². The topological polar surface area (TPSA) is 44.5 Å². The van der Waals surface area contributed by atoms with Crippen LogP contribution in [-0.4, -0.2) is 7.11 Å². The van der Waals surface area contributed by atoms with Gasteiger partial charge in [0.05, 0.1) is 26.4 Å². The molecule has 0 saturated carbocycles. The highest BCUT2D eigenvalue weighted by Gasteiger charge is 2.21. The number of halogens is 2. The van der Waals surface area contributed by atoms with E-state index in [0.717, 1.165) is 23.3 Å². The van der Waals surface area contributed by atoms with E-state index in [1.165, 1.54) is 7.11 Å². The van der Waals surface area contributed by atoms with E-state index >= 15 is 0 Å². The van der Waals surface area contributed by atoms with Crippen molar-refractivity contribution in [2.24, 2.45) is 5.73 Å². The summed E-state index contributed by atoms with van der Waals surface area (Å²) in [6.45, 7) is 1.07. The molecule has 1 unspecified atom stereocenters. The van der Waals surface area contributed by atoms with Crippen LogP contribution >= 0.6 is 0 Å². The Bertz CT molecular complexity index is 665. The summed E-state index contributed by atoms with van der Waals surface area (Å²) in [6.07, 6.45) is 0. The summed E-state index contributed by atoms with van der Waals surface area (Å²) in [5.41, 5.74) is 8.64. The Balaban J connectivity index is 2.00. The van der Waals surface area contributed by atoms with E-state index in [1.807, 2.05) is 12.1 Å². The first-order valence-corrected chi connectivity index (χ1v) is 6.58. The van der Waals surface area contributed by atoms with Crippen LogP contribution in [0.25, 0.3) is 0 Å². The molecule has 0 fully saturated rings. The molecular weight excluding hydrogens is 276 g/mol. The average Bonchev–Trinajstić information content (AvgIpc) is 2.93. The minimum absolute atomic E-state index is 0.128. The third kappa shape index (κ3) is 2.50. The van der Waals surface area contributed by atoms with Gasteiger partial charge in [0.2, 0.25) is 0 Å². The molecule has 0 amide bonds. The summed E-state index contributed by atoms with van der Waals surface area (Å²) in [5, 5.41) is 0. The van der Waals surface area contributed by atoms with E-state index in [9.17, 15) is 8.78 Å². The maximum atomic E-state index is 14.1. The van der Waals surface area contributed by atoms with Crippen LogP contribution in [0.5, 0.6) is 5.75 Å². The second-order valence-corrected chi connectivity index (χ2v) is 5.00. The number of nitrogens with two attached hydrogens (primary N) is 1. The van der Waals surface area contributed by atoms with Gasteiger partial charge < -0.3 is 15.2 Å². The molecule has 2 aromatic carbocycles. The lowest BCUT2D eigenvalue weighted by Gasteiger charge is -2.16. The van der Waals surface area contributed by atoms with Crippen LogP contribution in [-0.2, 0) is 18.0 Å². The fourth-order valence-corrected chi connectivity index (χ4v) is 2.53. The quantitative estimate of drug-likeness (QED) is 0.945. The molecule has 0 saturated heterocycles. The summed E-state index contributed by atoms with van der Waals surface area (Å²) >= 11 is 0. The molecule has 1 heterocycles. The lowest BCUT2D eigenvalue weighted by Crippen LogP contribution is -2.16. The van der Waals surface area contributed by atoms with Crippen molar-refractivity contribution >= 4 is 0 Å². The van der Waals surface area contributed by atoms with Gasteiger partial charge in [-0.15, -0.1) is 0 Å². The number of hydrogen-bond donors (Lipinski definition) is 1. The van der Waals surface area contributed by atoms with Gasteiger partial charge in [0.1, 0.15) is 17.4 Å². The minimum atomic E-state index is -0.873. The summed E-state index contributed by atoms with van der Waals surface area (Å²) < 4.78 is 38.3. The predicted octanol–water partition coefficient (Wildman–Crippen LogP) is 3.05. The molecule has 1 aliphatic rings. The fraction of sp³-hybridized carbons (Fsp3) is 0.250. The number of fused-ring (bicyclic) bond motifs is 1. The molecule has 3 rings (SSSR count). The second kappa shape index (κ2) is 5.42. The zero-order valence-electron chi connectivity index (χ0n) is 11.5. The Morgan fingerprint density at radius 3 is 2.43 bits per heavy atom. The lowest BCUT2D eigenvalue weighted by atomic mass is 9.95. The molecule has 0 aromatic heterocycles. The summed E-state index contributed by atoms with van der Waals surface area (Å²) in [6, 6.07) is 6.90. The molecule has 3 nitrogen and oxygen atoms in total. The Morgan fingerprint density at radius 2 is 1.76 bits per heavy atom. The van der Waals surface area contributed by atoms with Gasteiger partial charge in [0, 0.05) is 17.7 Å². The number of ether oxygens (including phenoxy) is 2. The Kier molecular flexibility index (Phi) is 3.61. The van der Waals surface area contributed by atoms with Crippen molar-refractivity contribution in [3.8, 4) is 5.75 Å². The van der Waals surface area contributed by atoms with Gasteiger partial charge in [-0.25, -0.2) is 8.78 Å². The van der Waals surface area contributed by atoms with E-state index < -0.39 is 17.7 Å². The normalized spacial score (nSPS) is 14.9. The molecule has 5 heteroatoms. The smallest absolute Gasteiger partial charge is 0.134 e. The van der Waals surface area contributed by atoms with E-state index in [0.29, 0.717) is 18.8 Å². The predicted molar refractivity (Wildman–Crippen MR) is 73.9 cm³/mol. The van der Waals surface area contributed by atoms with Gasteiger partial charge in [-0.05, 0) is 16.7 Å². The molecule has 0 radical (unpaired) electrons. The van der Waals surface area contributed by atoms with E-state index in [1.54, 1.807) is 6.07 Å². The van der Waals surface area contributed by atoms with Crippen molar-refractivity contribution in [2.45, 2.75) is 19.3 Å². The SMILES string of the molecule is COc1cc(F)c(C(N)c2ccc3c(c2)COC3)c(F)c1. The van der Waals surface area contributed by atoms with Crippen LogP contribution in [0.15, 0.2) is 30.3 Å². The standard InChI is InChI=1S/C16H15F2NO2/c1-20-12-5-13(17)15(14(18)6-12)16(19)9-2-3-10-7-21-8-11(10)4-9/h2-6,16H,7-8,19H2,1H3. The molecule has 2 aromatic rings. The van der Waals surface area contributed by atoms with Crippen LogP contribution in [0.2, 0.25) is 0 Å². The monoisotopic (exact) mass is 291 g/mol. The lowest BCUT2D eigenvalue weighted by molar-refractivity contribution is 0.134. The minimum Gasteiger partial charge on any atom is -0.497 e. The second-order valence-electron chi connectivity index (χ2n) is 5.00. The number of benzene rings is 2. The van der Waals surface area contributed by atoms with E-state index in [-0.39, 0.29) is 11.3 Å². The first-order chi connectivity index (χ1) is 10.1. The van der Waals surface area contributed by atoms with Gasteiger partial charge >= 0.3 is 0 Å². The molecule has 110 valence electrons. The van der Waals surface area contributed by atoms with Crippen LogP contribution in [0.1, 0.15) is 28.3 Å². The zero-order valence-corrected chi connectivity index (χ0v) is 11.5. The summed E-state index contributed by atoms with van der Waals surface area (Å²) in [4.78, 5) is 0. The van der Waals surface area contributed by atoms with Gasteiger partial charge in [-0.1, -0.05) is 18.2 Å². The highest BCUT2D eigenvalue weighted by atomic mass is 19.1. The largest absolute Gasteiger partial charge is 0.497 e. The molecule has 21 heavy (non-hydrogen) atoms. The third-order valence-electron chi connectivity index (χ3n) is 3.70. The van der Waals surface area contributed by atoms with Crippen molar-refractivity contribution in [3.63, 3.8) is 0 Å². The zero-order chi connectivity index (χ0) is 15.0. The van der Waals surface area contributed by atoms with Crippen molar-refractivity contribution < 1.29 is 18.3 Å². The van der Waals surface area contributed by atoms with Gasteiger partial charge in [-0.3, -0.25) is 0 Å². The van der Waals surface area contributed by atoms with Gasteiger partial charge in [-0.2, -0.15) is 0 Å². The highest BCUT2D eigenvalue weighted by Crippen LogP contribution is 2.30. The van der Waals surface area contributed by atoms with Crippen molar-refractivity contribution in [1.29, 1.82) is 0 Å². The highest BCUT2D eigenvalue weighted by molar-refractivity contribution is 5.41. The first kappa shape index (κ1) is 14.0. The molecule has 1 aliphatic heterocycles. The van der Waals surface area contributed by atoms with Crippen LogP contribution in [0.3, 0.4) is 0 Å². The summed E-state index contributed by atoms with van der Waals surface area (Å²) in [7, 11) is 1.36. The van der Waals surface area contributed by atoms with E-state index in [4.69, 9.17) is 15.2 Å². The van der Waals surface area contributed by atoms with Crippen LogP contribution in [0.4, 0.5) is 8.78 Å². The molecule has 0 aliphatic carbocycles. The van der Waals surface area contributed by atoms with Crippen molar-refractivity contribution in [1.82, 2.24) is 0 Å². The molecule has 0 spiro atoms. The van der Waals surface area contributed by atoms with Crippen LogP contribution < -0.4 is 10.5 Å². The van der Waals surface area contributed by atoms with Gasteiger partial charge in [0.25, 0.3) is 0 Å². The first-order valence-electron chi connectivity index (χ1n) is 6.58. The number of hydrogen-bond acceptors (Lipinski definition) is 3. The molecule has 1 atom stereocenters. The molecular formula is C16H15F2NO2. The number of rotatable bonds is 3.